The van der Waals surface area contributed by atoms with Gasteiger partial charge in [-0.25, -0.2) is 4.98 Å². The maximum absolute atomic E-state index is 13.4. The van der Waals surface area contributed by atoms with Crippen LogP contribution in [0.15, 0.2) is 66.3 Å². The zero-order valence-electron chi connectivity index (χ0n) is 22.1. The summed E-state index contributed by atoms with van der Waals surface area (Å²) in [4.78, 5) is 35.8. The molecule has 9 heteroatoms. The van der Waals surface area contributed by atoms with Gasteiger partial charge in [-0.3, -0.25) is 14.9 Å². The molecule has 2 unspecified atom stereocenters. The number of anilines is 2. The SMILES string of the molecule is CN(C)c1nc(NC2CCC(NC(=O)C3=CC=CC4Cc5cc([N+](=O)[O-])ccc5C34)CC2)nc2ccccc12. The van der Waals surface area contributed by atoms with Crippen molar-refractivity contribution in [3.05, 3.63) is 87.5 Å². The molecule has 1 aromatic heterocycles. The second-order valence-corrected chi connectivity index (χ2v) is 10.9. The van der Waals surface area contributed by atoms with Crippen LogP contribution in [0.2, 0.25) is 0 Å². The maximum atomic E-state index is 13.4. The van der Waals surface area contributed by atoms with Gasteiger partial charge in [-0.15, -0.1) is 0 Å². The maximum Gasteiger partial charge on any atom is 0.269 e. The van der Waals surface area contributed by atoms with E-state index in [1.54, 1.807) is 12.1 Å². The average molecular weight is 525 g/mol. The molecular formula is C30H32N6O3. The molecule has 0 spiro atoms. The summed E-state index contributed by atoms with van der Waals surface area (Å²) in [7, 11) is 3.97. The van der Waals surface area contributed by atoms with Gasteiger partial charge in [-0.2, -0.15) is 4.98 Å². The molecule has 3 aliphatic carbocycles. The molecule has 200 valence electrons. The summed E-state index contributed by atoms with van der Waals surface area (Å²) >= 11 is 0. The molecule has 6 rings (SSSR count). The van der Waals surface area contributed by atoms with Gasteiger partial charge in [0.2, 0.25) is 11.9 Å². The Balaban J connectivity index is 1.09. The van der Waals surface area contributed by atoms with Gasteiger partial charge in [0.05, 0.1) is 10.4 Å². The van der Waals surface area contributed by atoms with Crippen molar-refractivity contribution in [3.8, 4) is 0 Å². The van der Waals surface area contributed by atoms with Crippen molar-refractivity contribution in [2.24, 2.45) is 5.92 Å². The first-order valence-electron chi connectivity index (χ1n) is 13.5. The number of nitro groups is 1. The number of hydrogen-bond donors (Lipinski definition) is 2. The van der Waals surface area contributed by atoms with Gasteiger partial charge in [0.1, 0.15) is 5.82 Å². The van der Waals surface area contributed by atoms with Crippen molar-refractivity contribution in [2.75, 3.05) is 24.3 Å². The zero-order chi connectivity index (χ0) is 27.1. The largest absolute Gasteiger partial charge is 0.362 e. The predicted octanol–water partition coefficient (Wildman–Crippen LogP) is 4.90. The van der Waals surface area contributed by atoms with E-state index in [9.17, 15) is 14.9 Å². The quantitative estimate of drug-likeness (QED) is 0.348. The lowest BCUT2D eigenvalue weighted by molar-refractivity contribution is -0.384. The van der Waals surface area contributed by atoms with Crippen LogP contribution in [0.4, 0.5) is 17.5 Å². The van der Waals surface area contributed by atoms with Crippen LogP contribution in [0.3, 0.4) is 0 Å². The predicted molar refractivity (Wildman–Crippen MR) is 152 cm³/mol. The summed E-state index contributed by atoms with van der Waals surface area (Å²) in [5, 5.41) is 19.1. The summed E-state index contributed by atoms with van der Waals surface area (Å²) in [6.07, 6.45) is 10.2. The number of hydrogen-bond acceptors (Lipinski definition) is 7. The fraction of sp³-hybridized carbons (Fsp3) is 0.367. The molecular weight excluding hydrogens is 492 g/mol. The minimum atomic E-state index is -0.361. The molecule has 1 saturated carbocycles. The number of allylic oxidation sites excluding steroid dienone is 3. The lowest BCUT2D eigenvalue weighted by atomic mass is 9.81. The molecule has 1 amide bonds. The highest BCUT2D eigenvalue weighted by atomic mass is 16.6. The van der Waals surface area contributed by atoms with E-state index >= 15 is 0 Å². The number of benzene rings is 2. The van der Waals surface area contributed by atoms with Crippen molar-refractivity contribution in [3.63, 3.8) is 0 Å². The molecule has 2 N–H and O–H groups in total. The molecule has 3 aromatic rings. The summed E-state index contributed by atoms with van der Waals surface area (Å²) in [6, 6.07) is 13.4. The third-order valence-electron chi connectivity index (χ3n) is 8.19. The Morgan fingerprint density at radius 3 is 2.59 bits per heavy atom. The molecule has 3 aliphatic rings. The van der Waals surface area contributed by atoms with E-state index in [4.69, 9.17) is 9.97 Å². The number of amides is 1. The van der Waals surface area contributed by atoms with Gasteiger partial charge in [0.15, 0.2) is 0 Å². The number of fused-ring (bicyclic) bond motifs is 4. The number of carbonyl (C=O) groups excluding carboxylic acids is 1. The fourth-order valence-corrected chi connectivity index (χ4v) is 6.29. The smallest absolute Gasteiger partial charge is 0.269 e. The molecule has 1 heterocycles. The van der Waals surface area contributed by atoms with Crippen molar-refractivity contribution in [1.29, 1.82) is 0 Å². The Hall–Kier alpha value is -4.27. The van der Waals surface area contributed by atoms with Crippen LogP contribution in [0.1, 0.15) is 42.7 Å². The molecule has 0 saturated heterocycles. The van der Waals surface area contributed by atoms with Crippen LogP contribution >= 0.6 is 0 Å². The Kier molecular flexibility index (Phi) is 6.50. The monoisotopic (exact) mass is 524 g/mol. The summed E-state index contributed by atoms with van der Waals surface area (Å²) < 4.78 is 0. The standard InChI is InChI=1S/C30H32N6O3/c1-35(2)28-24-7-3-4-9-26(24)33-30(34-28)32-21-12-10-20(11-13-21)31-29(37)25-8-5-6-18-16-19-17-22(36(38)39)14-15-23(19)27(18)25/h3-9,14-15,17-18,20-21,27H,10-13,16H2,1-2H3,(H,31,37)(H,32,33,34). The minimum Gasteiger partial charge on any atom is -0.362 e. The normalized spacial score (nSPS) is 23.5. The van der Waals surface area contributed by atoms with Gasteiger partial charge in [-0.1, -0.05) is 36.4 Å². The van der Waals surface area contributed by atoms with Gasteiger partial charge in [-0.05, 0) is 61.3 Å². The van der Waals surface area contributed by atoms with E-state index in [1.165, 1.54) is 0 Å². The van der Waals surface area contributed by atoms with E-state index in [0.29, 0.717) is 12.4 Å². The number of rotatable bonds is 6. The third kappa shape index (κ3) is 4.84. The average Bonchev–Trinajstić information content (AvgIpc) is 3.31. The lowest BCUT2D eigenvalue weighted by Crippen LogP contribution is -2.42. The summed E-state index contributed by atoms with van der Waals surface area (Å²) in [5.41, 5.74) is 3.75. The van der Waals surface area contributed by atoms with Crippen molar-refractivity contribution < 1.29 is 9.72 Å². The van der Waals surface area contributed by atoms with E-state index in [2.05, 4.69) is 16.7 Å². The van der Waals surface area contributed by atoms with Crippen LogP contribution in [0.25, 0.3) is 10.9 Å². The molecule has 0 bridgehead atoms. The summed E-state index contributed by atoms with van der Waals surface area (Å²) in [5.74, 6) is 1.59. The first-order valence-corrected chi connectivity index (χ1v) is 13.5. The van der Waals surface area contributed by atoms with Crippen LogP contribution in [-0.2, 0) is 11.2 Å². The first-order chi connectivity index (χ1) is 18.9. The number of nitrogens with zero attached hydrogens (tertiary/aromatic N) is 4. The fourth-order valence-electron chi connectivity index (χ4n) is 6.29. The van der Waals surface area contributed by atoms with E-state index < -0.39 is 0 Å². The van der Waals surface area contributed by atoms with Crippen LogP contribution < -0.4 is 15.5 Å². The van der Waals surface area contributed by atoms with Gasteiger partial charge < -0.3 is 15.5 Å². The Bertz CT molecular complexity index is 1510. The number of aromatic nitrogens is 2. The Labute approximate surface area is 227 Å². The Morgan fingerprint density at radius 2 is 1.82 bits per heavy atom. The van der Waals surface area contributed by atoms with E-state index in [1.807, 2.05) is 61.5 Å². The Morgan fingerprint density at radius 1 is 1.05 bits per heavy atom. The van der Waals surface area contributed by atoms with Crippen molar-refractivity contribution in [1.82, 2.24) is 15.3 Å². The molecule has 9 nitrogen and oxygen atoms in total. The van der Waals surface area contributed by atoms with Gasteiger partial charge in [0.25, 0.3) is 5.69 Å². The molecule has 39 heavy (non-hydrogen) atoms. The highest BCUT2D eigenvalue weighted by molar-refractivity contribution is 5.96. The van der Waals surface area contributed by atoms with Crippen molar-refractivity contribution in [2.45, 2.75) is 50.1 Å². The second-order valence-electron chi connectivity index (χ2n) is 10.9. The molecule has 2 aromatic carbocycles. The number of nitrogens with one attached hydrogen (secondary N) is 2. The molecule has 0 aliphatic heterocycles. The molecule has 1 fully saturated rings. The van der Waals surface area contributed by atoms with Crippen molar-refractivity contribution >= 4 is 34.3 Å². The topological polar surface area (TPSA) is 113 Å². The van der Waals surface area contributed by atoms with Gasteiger partial charge >= 0.3 is 0 Å². The number of carbonyl (C=O) groups is 1. The van der Waals surface area contributed by atoms with Gasteiger partial charge in [0, 0.05) is 55.2 Å². The highest BCUT2D eigenvalue weighted by Crippen LogP contribution is 2.46. The van der Waals surface area contributed by atoms with E-state index in [0.717, 1.165) is 59.1 Å². The van der Waals surface area contributed by atoms with Crippen LogP contribution in [0, 0.1) is 16.0 Å². The highest BCUT2D eigenvalue weighted by Gasteiger charge is 2.38. The second kappa shape index (κ2) is 10.1. The molecule has 0 radical (unpaired) electrons. The summed E-state index contributed by atoms with van der Waals surface area (Å²) in [6.45, 7) is 0. The third-order valence-corrected chi connectivity index (χ3v) is 8.19. The first kappa shape index (κ1) is 25.0. The van der Waals surface area contributed by atoms with Crippen LogP contribution in [0.5, 0.6) is 0 Å². The minimum absolute atomic E-state index is 0.0366. The lowest BCUT2D eigenvalue weighted by Gasteiger charge is -2.31. The molecule has 2 atom stereocenters. The number of nitro benzene ring substituents is 1. The number of para-hydroxylation sites is 1. The van der Waals surface area contributed by atoms with E-state index in [-0.39, 0.29) is 40.4 Å². The van der Waals surface area contributed by atoms with Crippen LogP contribution in [-0.4, -0.2) is 47.0 Å². The zero-order valence-corrected chi connectivity index (χ0v) is 22.1. The number of non-ortho nitro benzene ring substituents is 1.